The molecule has 0 fully saturated rings. The van der Waals surface area contributed by atoms with Gasteiger partial charge in [0.25, 0.3) is 5.69 Å². The third kappa shape index (κ3) is 4.16. The molecule has 20 heavy (non-hydrogen) atoms. The monoisotopic (exact) mass is 284 g/mol. The van der Waals surface area contributed by atoms with E-state index in [1.807, 2.05) is 0 Å². The number of methoxy groups -OCH3 is 1. The van der Waals surface area contributed by atoms with Crippen molar-refractivity contribution in [2.75, 3.05) is 38.3 Å². The summed E-state index contributed by atoms with van der Waals surface area (Å²) < 4.78 is 4.97. The number of aliphatic hydroxyl groups is 2. The topological polar surface area (TPSA) is 96.1 Å². The molecular weight excluding hydrogens is 264 g/mol. The zero-order valence-electron chi connectivity index (χ0n) is 11.7. The lowest BCUT2D eigenvalue weighted by Gasteiger charge is -2.23. The highest BCUT2D eigenvalue weighted by Gasteiger charge is 2.20. The first-order valence-electron chi connectivity index (χ1n) is 6.32. The predicted molar refractivity (Wildman–Crippen MR) is 74.9 cm³/mol. The largest absolute Gasteiger partial charge is 0.395 e. The van der Waals surface area contributed by atoms with Gasteiger partial charge in [0, 0.05) is 26.3 Å². The van der Waals surface area contributed by atoms with Gasteiger partial charge < -0.3 is 19.8 Å². The maximum Gasteiger partial charge on any atom is 0.292 e. The van der Waals surface area contributed by atoms with Gasteiger partial charge in [-0.05, 0) is 18.6 Å². The Bertz CT molecular complexity index is 450. The van der Waals surface area contributed by atoms with Crippen LogP contribution in [0.3, 0.4) is 0 Å². The van der Waals surface area contributed by atoms with E-state index in [1.54, 1.807) is 31.1 Å². The summed E-state index contributed by atoms with van der Waals surface area (Å²) in [4.78, 5) is 12.4. The zero-order chi connectivity index (χ0) is 15.1. The number of hydrogen-bond acceptors (Lipinski definition) is 6. The molecule has 0 spiro atoms. The molecule has 0 amide bonds. The number of aliphatic hydroxyl groups excluding tert-OH is 2. The van der Waals surface area contributed by atoms with Crippen molar-refractivity contribution in [3.05, 3.63) is 33.9 Å². The Hall–Kier alpha value is -1.70. The quantitative estimate of drug-likeness (QED) is 0.548. The summed E-state index contributed by atoms with van der Waals surface area (Å²) in [5.41, 5.74) is 0.801. The van der Waals surface area contributed by atoms with Crippen LogP contribution in [0.2, 0.25) is 0 Å². The van der Waals surface area contributed by atoms with Crippen molar-refractivity contribution in [3.63, 3.8) is 0 Å². The molecule has 0 aliphatic heterocycles. The van der Waals surface area contributed by atoms with Crippen LogP contribution in [0.15, 0.2) is 18.2 Å². The maximum absolute atomic E-state index is 11.2. The van der Waals surface area contributed by atoms with Crippen LogP contribution in [-0.2, 0) is 4.74 Å². The average molecular weight is 284 g/mol. The summed E-state index contributed by atoms with van der Waals surface area (Å²) in [7, 11) is 1.54. The number of nitro benzene ring substituents is 1. The summed E-state index contributed by atoms with van der Waals surface area (Å²) in [6.07, 6.45) is -0.770. The highest BCUT2D eigenvalue weighted by molar-refractivity contribution is 5.64. The molecule has 0 saturated heterocycles. The number of ether oxygens (including phenoxy) is 1. The van der Waals surface area contributed by atoms with Crippen molar-refractivity contribution < 1.29 is 19.9 Å². The van der Waals surface area contributed by atoms with Gasteiger partial charge in [-0.2, -0.15) is 0 Å². The van der Waals surface area contributed by atoms with E-state index >= 15 is 0 Å². The molecule has 0 radical (unpaired) electrons. The molecule has 1 aromatic rings. The molecular formula is C13H20N2O5. The van der Waals surface area contributed by atoms with Crippen LogP contribution in [-0.4, -0.2) is 48.5 Å². The molecule has 1 aromatic carbocycles. The van der Waals surface area contributed by atoms with Crippen LogP contribution >= 0.6 is 0 Å². The van der Waals surface area contributed by atoms with Crippen LogP contribution in [0, 0.1) is 10.1 Å². The predicted octanol–water partition coefficient (Wildman–Crippen LogP) is 1.09. The maximum atomic E-state index is 11.2. The van der Waals surface area contributed by atoms with Gasteiger partial charge in [0.05, 0.1) is 24.2 Å². The summed E-state index contributed by atoms with van der Waals surface area (Å²) in [5.74, 6) is 0. The lowest BCUT2D eigenvalue weighted by atomic mass is 10.1. The SMILES string of the molecule is COCCN(CCO)c1ccc(C(C)O)cc1[N+](=O)[O-]. The molecule has 7 heteroatoms. The molecule has 7 nitrogen and oxygen atoms in total. The molecule has 1 unspecified atom stereocenters. The number of anilines is 1. The van der Waals surface area contributed by atoms with Crippen molar-refractivity contribution in [1.82, 2.24) is 0 Å². The fraction of sp³-hybridized carbons (Fsp3) is 0.538. The van der Waals surface area contributed by atoms with Crippen LogP contribution < -0.4 is 4.90 Å². The Balaban J connectivity index is 3.15. The van der Waals surface area contributed by atoms with Gasteiger partial charge in [0.15, 0.2) is 0 Å². The molecule has 1 rings (SSSR count). The Morgan fingerprint density at radius 2 is 2.15 bits per heavy atom. The number of rotatable bonds is 8. The summed E-state index contributed by atoms with van der Waals surface area (Å²) in [5, 5.41) is 29.8. The third-order valence-corrected chi connectivity index (χ3v) is 2.95. The molecule has 112 valence electrons. The molecule has 1 atom stereocenters. The lowest BCUT2D eigenvalue weighted by molar-refractivity contribution is -0.384. The molecule has 0 aliphatic rings. The van der Waals surface area contributed by atoms with Crippen molar-refractivity contribution in [2.24, 2.45) is 0 Å². The van der Waals surface area contributed by atoms with E-state index in [1.165, 1.54) is 6.07 Å². The standard InChI is InChI=1S/C13H20N2O5/c1-10(17)11-3-4-12(13(9-11)15(18)19)14(5-7-16)6-8-20-2/h3-4,9-10,16-17H,5-8H2,1-2H3. The second-order valence-electron chi connectivity index (χ2n) is 4.38. The first kappa shape index (κ1) is 16.4. The second-order valence-corrected chi connectivity index (χ2v) is 4.38. The third-order valence-electron chi connectivity index (χ3n) is 2.95. The second kappa shape index (κ2) is 7.78. The zero-order valence-corrected chi connectivity index (χ0v) is 11.7. The normalized spacial score (nSPS) is 12.2. The number of benzene rings is 1. The van der Waals surface area contributed by atoms with Crippen LogP contribution in [0.4, 0.5) is 11.4 Å². The number of nitrogens with zero attached hydrogens (tertiary/aromatic N) is 2. The van der Waals surface area contributed by atoms with Gasteiger partial charge in [-0.25, -0.2) is 0 Å². The molecule has 0 saturated carbocycles. The van der Waals surface area contributed by atoms with E-state index in [4.69, 9.17) is 9.84 Å². The van der Waals surface area contributed by atoms with Gasteiger partial charge in [-0.1, -0.05) is 6.07 Å². The fourth-order valence-electron chi connectivity index (χ4n) is 1.89. The minimum Gasteiger partial charge on any atom is -0.395 e. The van der Waals surface area contributed by atoms with Gasteiger partial charge in [0.1, 0.15) is 5.69 Å². The Morgan fingerprint density at radius 1 is 1.45 bits per heavy atom. The van der Waals surface area contributed by atoms with Gasteiger partial charge >= 0.3 is 0 Å². The van der Waals surface area contributed by atoms with E-state index < -0.39 is 11.0 Å². The van der Waals surface area contributed by atoms with Gasteiger partial charge in [-0.15, -0.1) is 0 Å². The average Bonchev–Trinajstić information content (AvgIpc) is 2.42. The number of nitro groups is 1. The van der Waals surface area contributed by atoms with E-state index in [-0.39, 0.29) is 18.8 Å². The number of hydrogen-bond donors (Lipinski definition) is 2. The molecule has 0 heterocycles. The van der Waals surface area contributed by atoms with Crippen LogP contribution in [0.25, 0.3) is 0 Å². The van der Waals surface area contributed by atoms with E-state index in [0.717, 1.165) is 0 Å². The van der Waals surface area contributed by atoms with Gasteiger partial charge in [0.2, 0.25) is 0 Å². The first-order chi connectivity index (χ1) is 9.51. The smallest absolute Gasteiger partial charge is 0.292 e. The molecule has 0 bridgehead atoms. The fourth-order valence-corrected chi connectivity index (χ4v) is 1.89. The Kier molecular flexibility index (Phi) is 6.37. The van der Waals surface area contributed by atoms with E-state index in [9.17, 15) is 15.2 Å². The molecule has 0 aromatic heterocycles. The van der Waals surface area contributed by atoms with Gasteiger partial charge in [-0.3, -0.25) is 10.1 Å². The van der Waals surface area contributed by atoms with E-state index in [2.05, 4.69) is 0 Å². The lowest BCUT2D eigenvalue weighted by Crippen LogP contribution is -2.30. The van der Waals surface area contributed by atoms with Crippen molar-refractivity contribution >= 4 is 11.4 Å². The summed E-state index contributed by atoms with van der Waals surface area (Å²) >= 11 is 0. The minimum atomic E-state index is -0.770. The van der Waals surface area contributed by atoms with Crippen molar-refractivity contribution in [1.29, 1.82) is 0 Å². The highest BCUT2D eigenvalue weighted by Crippen LogP contribution is 2.31. The summed E-state index contributed by atoms with van der Waals surface area (Å²) in [6.45, 7) is 2.55. The summed E-state index contributed by atoms with van der Waals surface area (Å²) in [6, 6.07) is 4.59. The van der Waals surface area contributed by atoms with Crippen molar-refractivity contribution in [3.8, 4) is 0 Å². The first-order valence-corrected chi connectivity index (χ1v) is 6.32. The Morgan fingerprint density at radius 3 is 2.65 bits per heavy atom. The van der Waals surface area contributed by atoms with Crippen molar-refractivity contribution in [2.45, 2.75) is 13.0 Å². The molecule has 0 aliphatic carbocycles. The minimum absolute atomic E-state index is 0.0899. The Labute approximate surface area is 117 Å². The van der Waals surface area contributed by atoms with E-state index in [0.29, 0.717) is 24.4 Å². The highest BCUT2D eigenvalue weighted by atomic mass is 16.6. The van der Waals surface area contributed by atoms with Crippen LogP contribution in [0.5, 0.6) is 0 Å². The van der Waals surface area contributed by atoms with Crippen LogP contribution in [0.1, 0.15) is 18.6 Å². The molecule has 2 N–H and O–H groups in total.